The van der Waals surface area contributed by atoms with Gasteiger partial charge in [0.25, 0.3) is 11.8 Å². The second-order valence-corrected chi connectivity index (χ2v) is 18.0. The van der Waals surface area contributed by atoms with Crippen LogP contribution in [0.4, 0.5) is 48.2 Å². The Morgan fingerprint density at radius 2 is 1.00 bits per heavy atom. The van der Waals surface area contributed by atoms with Gasteiger partial charge in [-0.25, -0.2) is 19.0 Å². The molecule has 0 amide bonds. The van der Waals surface area contributed by atoms with Crippen LogP contribution in [0.3, 0.4) is 0 Å². The fourth-order valence-corrected chi connectivity index (χ4v) is 10.5. The number of nitrogens with one attached hydrogen (secondary N) is 2. The molecule has 6 aromatic heterocycles. The van der Waals surface area contributed by atoms with Crippen LogP contribution in [0.5, 0.6) is 11.8 Å². The summed E-state index contributed by atoms with van der Waals surface area (Å²) < 4.78 is 98.9. The molecule has 2 saturated heterocycles. The average Bonchev–Trinajstić information content (AvgIpc) is 4.08. The van der Waals surface area contributed by atoms with Crippen LogP contribution in [0, 0.1) is 37.5 Å². The summed E-state index contributed by atoms with van der Waals surface area (Å²) in [5.74, 6) is 2.12. The quantitative estimate of drug-likeness (QED) is 0.134. The molecule has 4 bridgehead atoms. The lowest BCUT2D eigenvalue weighted by atomic mass is 9.92. The molecule has 2 N–H and O–H groups in total. The number of halogens is 6. The minimum absolute atomic E-state index is 0.158. The van der Waals surface area contributed by atoms with Crippen molar-refractivity contribution in [3.8, 4) is 11.8 Å². The highest BCUT2D eigenvalue weighted by atomic mass is 32.1. The van der Waals surface area contributed by atoms with Crippen molar-refractivity contribution in [3.63, 3.8) is 0 Å². The summed E-state index contributed by atoms with van der Waals surface area (Å²) >= 11 is 3.06. The molecule has 0 radical (unpaired) electrons. The lowest BCUT2D eigenvalue weighted by molar-refractivity contribution is -0.190. The van der Waals surface area contributed by atoms with Crippen LogP contribution in [0.15, 0.2) is 36.9 Å². The number of rotatable bonds is 10. The summed E-state index contributed by atoms with van der Waals surface area (Å²) in [6, 6.07) is 4.68. The third-order valence-corrected chi connectivity index (χ3v) is 13.9. The Labute approximate surface area is 359 Å². The molecule has 8 atom stereocenters. The Kier molecular flexibility index (Phi) is 11.2. The van der Waals surface area contributed by atoms with Gasteiger partial charge in [-0.1, -0.05) is 0 Å². The Bertz CT molecular complexity index is 2310. The van der Waals surface area contributed by atoms with E-state index >= 15 is 0 Å². The normalized spacial score (nSPS) is 24.5. The van der Waals surface area contributed by atoms with Gasteiger partial charge in [-0.05, 0) is 112 Å². The van der Waals surface area contributed by atoms with Gasteiger partial charge in [0, 0.05) is 63.1 Å². The average molecular weight is 907 g/mol. The predicted molar refractivity (Wildman–Crippen MR) is 219 cm³/mol. The number of hydrogen-bond acceptors (Lipinski definition) is 16. The fraction of sp³-hybridized carbons (Fsp3) is 0.579. The van der Waals surface area contributed by atoms with Gasteiger partial charge in [-0.3, -0.25) is 0 Å². The zero-order chi connectivity index (χ0) is 43.5. The molecule has 62 heavy (non-hydrogen) atoms. The topological polar surface area (TPSA) is 161 Å². The fourth-order valence-electron chi connectivity index (χ4n) is 8.92. The summed E-state index contributed by atoms with van der Waals surface area (Å²) in [4.78, 5) is 21.4. The SMILES string of the molecule is Cc1cc(N2C[C@H]3CC[C@@H](C2)C3Nc2nc3c(O[C@@H](C)C(F)(F)F)nccn3n2)sn1.Cc1cc(N2C[C@H]3CC[C@@H](C2)C3Nc2nc3c(O[C@H](C)C(F)(F)F)nccn3n2)sn1. The Morgan fingerprint density at radius 3 is 1.32 bits per heavy atom. The molecule has 6 aromatic rings. The van der Waals surface area contributed by atoms with Crippen LogP contribution in [0.25, 0.3) is 11.3 Å². The van der Waals surface area contributed by atoms with Gasteiger partial charge in [-0.15, -0.1) is 10.2 Å². The zero-order valence-electron chi connectivity index (χ0n) is 34.0. The Morgan fingerprint density at radius 1 is 0.629 bits per heavy atom. The molecular weight excluding hydrogens is 863 g/mol. The van der Waals surface area contributed by atoms with E-state index in [2.05, 4.69) is 71.4 Å². The van der Waals surface area contributed by atoms with E-state index in [1.807, 2.05) is 13.8 Å². The second kappa shape index (κ2) is 16.5. The first-order valence-electron chi connectivity index (χ1n) is 20.3. The molecular formula is C38H44F6N14O2S2. The maximum Gasteiger partial charge on any atom is 0.425 e. The van der Waals surface area contributed by atoms with E-state index < -0.39 is 24.6 Å². The number of alkyl halides is 6. The zero-order valence-corrected chi connectivity index (χ0v) is 35.6. The molecule has 0 spiro atoms. The molecule has 2 aliphatic carbocycles. The van der Waals surface area contributed by atoms with E-state index in [0.717, 1.165) is 77.1 Å². The van der Waals surface area contributed by atoms with Gasteiger partial charge in [0.15, 0.2) is 12.2 Å². The molecule has 4 fully saturated rings. The van der Waals surface area contributed by atoms with Gasteiger partial charge in [0.05, 0.1) is 11.4 Å². The molecule has 2 unspecified atom stereocenters. The first-order chi connectivity index (χ1) is 29.6. The summed E-state index contributed by atoms with van der Waals surface area (Å²) in [6.07, 6.45) is -2.71. The number of hydrogen-bond donors (Lipinski definition) is 2. The van der Waals surface area contributed by atoms with Crippen LogP contribution in [0.2, 0.25) is 0 Å². The van der Waals surface area contributed by atoms with E-state index in [0.29, 0.717) is 35.6 Å². The van der Waals surface area contributed by atoms with Gasteiger partial charge < -0.3 is 29.9 Å². The molecule has 4 aliphatic rings. The van der Waals surface area contributed by atoms with Crippen molar-refractivity contribution in [3.05, 3.63) is 48.3 Å². The van der Waals surface area contributed by atoms with Gasteiger partial charge in [0.1, 0.15) is 10.0 Å². The number of piperidine rings is 2. The third kappa shape index (κ3) is 8.71. The van der Waals surface area contributed by atoms with Crippen LogP contribution in [-0.2, 0) is 0 Å². The molecule has 8 heterocycles. The Balaban J connectivity index is 0.000000158. The van der Waals surface area contributed by atoms with Gasteiger partial charge >= 0.3 is 12.4 Å². The first kappa shape index (κ1) is 42.1. The molecule has 16 nitrogen and oxygen atoms in total. The highest BCUT2D eigenvalue weighted by molar-refractivity contribution is 7.10. The number of nitrogens with zero attached hydrogens (tertiary/aromatic N) is 12. The highest BCUT2D eigenvalue weighted by Gasteiger charge is 2.45. The van der Waals surface area contributed by atoms with E-state index in [9.17, 15) is 26.3 Å². The van der Waals surface area contributed by atoms with Crippen molar-refractivity contribution in [1.82, 2.24) is 47.9 Å². The second-order valence-electron chi connectivity index (χ2n) is 16.4. The van der Waals surface area contributed by atoms with Crippen molar-refractivity contribution in [2.75, 3.05) is 46.6 Å². The summed E-state index contributed by atoms with van der Waals surface area (Å²) in [6.45, 7) is 9.61. The number of ether oxygens (including phenoxy) is 2. The standard InChI is InChI=1S/2C19H22F3N7OS/c2*1-10-7-14(31-27-10)28-8-12-3-4-13(9-28)15(12)24-18-25-16-17(23-5-6-29(16)26-18)30-11(2)19(20,21)22/h2*5-7,11-13,15H,3-4,8-9H2,1-2H3,(H,24,26)/t2*11-,12-,13+,15?/m10/s1. The van der Waals surface area contributed by atoms with Crippen molar-refractivity contribution >= 4 is 56.3 Å². The van der Waals surface area contributed by atoms with E-state index in [-0.39, 0.29) is 35.1 Å². The first-order valence-corrected chi connectivity index (χ1v) is 21.9. The lowest BCUT2D eigenvalue weighted by Gasteiger charge is -2.38. The minimum Gasteiger partial charge on any atom is -0.462 e. The van der Waals surface area contributed by atoms with Crippen LogP contribution < -0.4 is 29.9 Å². The number of anilines is 4. The van der Waals surface area contributed by atoms with Crippen molar-refractivity contribution in [1.29, 1.82) is 0 Å². The molecule has 2 aliphatic heterocycles. The van der Waals surface area contributed by atoms with E-state index in [1.54, 1.807) is 12.4 Å². The van der Waals surface area contributed by atoms with Gasteiger partial charge in [0.2, 0.25) is 23.2 Å². The lowest BCUT2D eigenvalue weighted by Crippen LogP contribution is -2.48. The van der Waals surface area contributed by atoms with Crippen LogP contribution in [-0.4, -0.2) is 111 Å². The van der Waals surface area contributed by atoms with Crippen molar-refractivity contribution in [2.45, 2.75) is 90.0 Å². The van der Waals surface area contributed by atoms with E-state index in [1.165, 1.54) is 54.5 Å². The van der Waals surface area contributed by atoms with Crippen LogP contribution >= 0.6 is 23.1 Å². The predicted octanol–water partition coefficient (Wildman–Crippen LogP) is 7.09. The summed E-state index contributed by atoms with van der Waals surface area (Å²) in [7, 11) is 0. The molecule has 24 heteroatoms. The van der Waals surface area contributed by atoms with Gasteiger partial charge in [-0.2, -0.15) is 45.1 Å². The van der Waals surface area contributed by atoms with E-state index in [4.69, 9.17) is 9.47 Å². The third-order valence-electron chi connectivity index (χ3n) is 12.1. The monoisotopic (exact) mass is 906 g/mol. The van der Waals surface area contributed by atoms with Crippen LogP contribution in [0.1, 0.15) is 50.9 Å². The smallest absolute Gasteiger partial charge is 0.425 e. The molecule has 2 saturated carbocycles. The highest BCUT2D eigenvalue weighted by Crippen LogP contribution is 2.42. The molecule has 10 rings (SSSR count). The molecule has 0 aromatic carbocycles. The summed E-state index contributed by atoms with van der Waals surface area (Å²) in [5, 5.41) is 18.0. The van der Waals surface area contributed by atoms with Crippen molar-refractivity contribution < 1.29 is 35.8 Å². The Hall–Kier alpha value is -5.26. The number of fused-ring (bicyclic) bond motifs is 6. The number of aromatic nitrogens is 10. The largest absolute Gasteiger partial charge is 0.462 e. The summed E-state index contributed by atoms with van der Waals surface area (Å²) in [5.41, 5.74) is 2.39. The number of aryl methyl sites for hydroxylation is 2. The minimum atomic E-state index is -4.49. The molecule has 332 valence electrons. The maximum atomic E-state index is 12.9. The van der Waals surface area contributed by atoms with Crippen molar-refractivity contribution in [2.24, 2.45) is 23.7 Å². The maximum absolute atomic E-state index is 12.9.